The summed E-state index contributed by atoms with van der Waals surface area (Å²) in [4.78, 5) is 12.2. The summed E-state index contributed by atoms with van der Waals surface area (Å²) in [6.45, 7) is 4.63. The number of amides is 2. The number of aromatic nitrogens is 2. The predicted octanol–water partition coefficient (Wildman–Crippen LogP) is 3.13. The zero-order valence-corrected chi connectivity index (χ0v) is 14.3. The van der Waals surface area contributed by atoms with Crippen molar-refractivity contribution in [2.24, 2.45) is 13.0 Å². The van der Waals surface area contributed by atoms with E-state index in [1.807, 2.05) is 13.1 Å². The second-order valence-electron chi connectivity index (χ2n) is 5.91. The maximum Gasteiger partial charge on any atom is 0.319 e. The monoisotopic (exact) mass is 334 g/mol. The smallest absolute Gasteiger partial charge is 0.319 e. The minimum atomic E-state index is -0.443. The van der Waals surface area contributed by atoms with Crippen LogP contribution < -0.4 is 15.4 Å². The number of carbonyl (C=O) groups is 1. The third-order valence-electron chi connectivity index (χ3n) is 3.94. The third-order valence-corrected chi connectivity index (χ3v) is 3.94. The van der Waals surface area contributed by atoms with Gasteiger partial charge < -0.3 is 15.4 Å². The summed E-state index contributed by atoms with van der Waals surface area (Å²) in [5.74, 6) is 0.404. The molecule has 6 nitrogen and oxygen atoms in total. The van der Waals surface area contributed by atoms with Crippen LogP contribution in [0.25, 0.3) is 0 Å². The van der Waals surface area contributed by atoms with Gasteiger partial charge in [-0.05, 0) is 24.1 Å². The number of hydrogen-bond donors (Lipinski definition) is 2. The van der Waals surface area contributed by atoms with Gasteiger partial charge in [0.1, 0.15) is 11.6 Å². The molecule has 2 amide bonds. The van der Waals surface area contributed by atoms with Gasteiger partial charge in [0, 0.05) is 37.5 Å². The fourth-order valence-electron chi connectivity index (χ4n) is 2.58. The highest BCUT2D eigenvalue weighted by Gasteiger charge is 2.20. The largest absolute Gasteiger partial charge is 0.495 e. The molecule has 0 spiro atoms. The number of methoxy groups -OCH3 is 1. The van der Waals surface area contributed by atoms with E-state index in [4.69, 9.17) is 4.74 Å². The van der Waals surface area contributed by atoms with E-state index in [2.05, 4.69) is 29.6 Å². The molecule has 0 aliphatic rings. The van der Waals surface area contributed by atoms with Crippen molar-refractivity contribution in [3.8, 4) is 5.75 Å². The fraction of sp³-hybridized carbons (Fsp3) is 0.412. The SMILES string of the molecule is COc1ccc(F)cc1NC(=O)NCC(c1ccnn1C)C(C)C. The van der Waals surface area contributed by atoms with Crippen molar-refractivity contribution in [1.82, 2.24) is 15.1 Å². The van der Waals surface area contributed by atoms with Gasteiger partial charge in [-0.1, -0.05) is 13.8 Å². The second-order valence-corrected chi connectivity index (χ2v) is 5.91. The van der Waals surface area contributed by atoms with Gasteiger partial charge in [0.15, 0.2) is 0 Å². The molecule has 0 bridgehead atoms. The number of hydrogen-bond acceptors (Lipinski definition) is 3. The van der Waals surface area contributed by atoms with E-state index in [0.29, 0.717) is 18.2 Å². The topological polar surface area (TPSA) is 68.2 Å². The Balaban J connectivity index is 2.02. The number of nitrogens with zero attached hydrogens (tertiary/aromatic N) is 2. The number of nitrogens with one attached hydrogen (secondary N) is 2. The molecule has 0 aliphatic carbocycles. The molecule has 0 radical (unpaired) electrons. The summed E-state index contributed by atoms with van der Waals surface area (Å²) in [7, 11) is 3.34. The normalized spacial score (nSPS) is 12.1. The highest BCUT2D eigenvalue weighted by molar-refractivity contribution is 5.90. The molecule has 0 saturated heterocycles. The van der Waals surface area contributed by atoms with E-state index >= 15 is 0 Å². The van der Waals surface area contributed by atoms with Crippen LogP contribution in [0.3, 0.4) is 0 Å². The lowest BCUT2D eigenvalue weighted by Crippen LogP contribution is -2.34. The van der Waals surface area contributed by atoms with E-state index in [9.17, 15) is 9.18 Å². The van der Waals surface area contributed by atoms with Crippen LogP contribution in [0.1, 0.15) is 25.5 Å². The van der Waals surface area contributed by atoms with Crippen molar-refractivity contribution in [3.63, 3.8) is 0 Å². The molecule has 2 aromatic rings. The number of aryl methyl sites for hydroxylation is 1. The molecule has 130 valence electrons. The average molecular weight is 334 g/mol. The second kappa shape index (κ2) is 7.81. The van der Waals surface area contributed by atoms with Gasteiger partial charge in [0.05, 0.1) is 12.8 Å². The average Bonchev–Trinajstić information content (AvgIpc) is 2.93. The molecule has 1 atom stereocenters. The molecule has 0 fully saturated rings. The quantitative estimate of drug-likeness (QED) is 0.853. The summed E-state index contributed by atoms with van der Waals surface area (Å²) in [5.41, 5.74) is 1.34. The number of anilines is 1. The number of halogens is 1. The molecule has 24 heavy (non-hydrogen) atoms. The molecule has 7 heteroatoms. The minimum absolute atomic E-state index is 0.123. The summed E-state index contributed by atoms with van der Waals surface area (Å²) in [6, 6.07) is 5.50. The van der Waals surface area contributed by atoms with Gasteiger partial charge in [0.25, 0.3) is 0 Å². The van der Waals surface area contributed by atoms with Crippen molar-refractivity contribution in [3.05, 3.63) is 42.0 Å². The van der Waals surface area contributed by atoms with Gasteiger partial charge in [-0.25, -0.2) is 9.18 Å². The minimum Gasteiger partial charge on any atom is -0.495 e. The maximum absolute atomic E-state index is 13.3. The molecule has 0 saturated carbocycles. The van der Waals surface area contributed by atoms with E-state index in [0.717, 1.165) is 5.69 Å². The lowest BCUT2D eigenvalue weighted by atomic mass is 9.92. The first-order valence-electron chi connectivity index (χ1n) is 7.78. The first kappa shape index (κ1) is 17.8. The Morgan fingerprint density at radius 1 is 1.38 bits per heavy atom. The van der Waals surface area contributed by atoms with E-state index in [1.54, 1.807) is 10.9 Å². The standard InChI is InChI=1S/C17H23FN4O2/c1-11(2)13(15-7-8-20-22(15)3)10-19-17(23)21-14-9-12(18)5-6-16(14)24-4/h5-9,11,13H,10H2,1-4H3,(H2,19,21,23). The molecule has 1 aromatic carbocycles. The van der Waals surface area contributed by atoms with Crippen LogP contribution in [0.5, 0.6) is 5.75 Å². The van der Waals surface area contributed by atoms with Gasteiger partial charge in [0.2, 0.25) is 0 Å². The van der Waals surface area contributed by atoms with Crippen molar-refractivity contribution in [2.45, 2.75) is 19.8 Å². The lowest BCUT2D eigenvalue weighted by molar-refractivity contribution is 0.250. The van der Waals surface area contributed by atoms with Crippen LogP contribution in [-0.4, -0.2) is 29.5 Å². The molecule has 1 heterocycles. The first-order valence-corrected chi connectivity index (χ1v) is 7.78. The van der Waals surface area contributed by atoms with Gasteiger partial charge >= 0.3 is 6.03 Å². The molecular formula is C17H23FN4O2. The number of rotatable bonds is 6. The molecular weight excluding hydrogens is 311 g/mol. The van der Waals surface area contributed by atoms with Crippen molar-refractivity contribution < 1.29 is 13.9 Å². The van der Waals surface area contributed by atoms with Crippen molar-refractivity contribution in [1.29, 1.82) is 0 Å². The Hall–Kier alpha value is -2.57. The zero-order valence-electron chi connectivity index (χ0n) is 14.3. The number of benzene rings is 1. The molecule has 2 rings (SSSR count). The Labute approximate surface area is 141 Å². The van der Waals surface area contributed by atoms with E-state index < -0.39 is 11.8 Å². The molecule has 2 N–H and O–H groups in total. The predicted molar refractivity (Wildman–Crippen MR) is 90.8 cm³/mol. The summed E-state index contributed by atoms with van der Waals surface area (Å²) in [5, 5.41) is 9.63. The lowest BCUT2D eigenvalue weighted by Gasteiger charge is -2.22. The highest BCUT2D eigenvalue weighted by Crippen LogP contribution is 2.25. The van der Waals surface area contributed by atoms with E-state index in [-0.39, 0.29) is 11.6 Å². The van der Waals surface area contributed by atoms with Gasteiger partial charge in [-0.15, -0.1) is 0 Å². The highest BCUT2D eigenvalue weighted by atomic mass is 19.1. The Bertz CT molecular complexity index is 700. The maximum atomic E-state index is 13.3. The number of ether oxygens (including phenoxy) is 1. The Kier molecular flexibility index (Phi) is 5.78. The number of carbonyl (C=O) groups excluding carboxylic acids is 1. The van der Waals surface area contributed by atoms with Crippen LogP contribution in [0.2, 0.25) is 0 Å². The zero-order chi connectivity index (χ0) is 17.7. The number of urea groups is 1. The molecule has 1 unspecified atom stereocenters. The van der Waals surface area contributed by atoms with Crippen molar-refractivity contribution in [2.75, 3.05) is 19.0 Å². The van der Waals surface area contributed by atoms with Crippen LogP contribution in [0.15, 0.2) is 30.5 Å². The summed E-state index contributed by atoms with van der Waals surface area (Å²) in [6.07, 6.45) is 1.74. The third kappa shape index (κ3) is 4.24. The summed E-state index contributed by atoms with van der Waals surface area (Å²) < 4.78 is 20.3. The Morgan fingerprint density at radius 2 is 2.12 bits per heavy atom. The Morgan fingerprint density at radius 3 is 2.71 bits per heavy atom. The first-order chi connectivity index (χ1) is 11.4. The van der Waals surface area contributed by atoms with Gasteiger partial charge in [-0.3, -0.25) is 4.68 Å². The molecule has 0 aliphatic heterocycles. The van der Waals surface area contributed by atoms with Crippen LogP contribution in [0, 0.1) is 11.7 Å². The van der Waals surface area contributed by atoms with Crippen LogP contribution in [0.4, 0.5) is 14.9 Å². The van der Waals surface area contributed by atoms with Crippen LogP contribution >= 0.6 is 0 Å². The van der Waals surface area contributed by atoms with Gasteiger partial charge in [-0.2, -0.15) is 5.10 Å². The van der Waals surface area contributed by atoms with Crippen molar-refractivity contribution >= 4 is 11.7 Å². The van der Waals surface area contributed by atoms with Crippen LogP contribution in [-0.2, 0) is 7.05 Å². The fourth-order valence-corrected chi connectivity index (χ4v) is 2.58. The summed E-state index contributed by atoms with van der Waals surface area (Å²) >= 11 is 0. The van der Waals surface area contributed by atoms with E-state index in [1.165, 1.54) is 25.3 Å². The molecule has 1 aromatic heterocycles.